The quantitative estimate of drug-likeness (QED) is 0.651. The lowest BCUT2D eigenvalue weighted by Crippen LogP contribution is -2.43. The molecule has 1 aromatic carbocycles. The molecule has 5 nitrogen and oxygen atoms in total. The second kappa shape index (κ2) is 8.46. The first-order valence-electron chi connectivity index (χ1n) is 10.2. The molecule has 0 saturated carbocycles. The molecule has 2 aromatic heterocycles. The summed E-state index contributed by atoms with van der Waals surface area (Å²) < 4.78 is 0. The highest BCUT2D eigenvalue weighted by Crippen LogP contribution is 2.35. The Morgan fingerprint density at radius 3 is 2.43 bits per heavy atom. The molecule has 3 aromatic rings. The van der Waals surface area contributed by atoms with Crippen LogP contribution in [0.3, 0.4) is 0 Å². The van der Waals surface area contributed by atoms with Crippen LogP contribution in [0.25, 0.3) is 11.3 Å². The summed E-state index contributed by atoms with van der Waals surface area (Å²) in [5.74, 6) is 0.0373. The second-order valence-electron chi connectivity index (χ2n) is 8.22. The molecule has 1 saturated heterocycles. The smallest absolute Gasteiger partial charge is 0.256 e. The lowest BCUT2D eigenvalue weighted by molar-refractivity contribution is 0.0607. The van der Waals surface area contributed by atoms with E-state index in [1.807, 2.05) is 53.4 Å². The van der Waals surface area contributed by atoms with E-state index in [0.29, 0.717) is 16.8 Å². The van der Waals surface area contributed by atoms with E-state index in [2.05, 4.69) is 23.0 Å². The van der Waals surface area contributed by atoms with Crippen LogP contribution in [0.4, 0.5) is 0 Å². The van der Waals surface area contributed by atoms with Crippen LogP contribution in [0.5, 0.6) is 0 Å². The van der Waals surface area contributed by atoms with E-state index in [-0.39, 0.29) is 11.3 Å². The number of carbonyl (C=O) groups excluding carboxylic acids is 1. The summed E-state index contributed by atoms with van der Waals surface area (Å²) in [6.45, 7) is 3.76. The predicted octanol–water partition coefficient (Wildman–Crippen LogP) is 4.50. The number of hydrogen-bond acceptors (Lipinski definition) is 4. The van der Waals surface area contributed by atoms with Crippen molar-refractivity contribution in [1.82, 2.24) is 14.9 Å². The maximum atomic E-state index is 13.3. The Labute approximate surface area is 177 Å². The van der Waals surface area contributed by atoms with Gasteiger partial charge in [-0.3, -0.25) is 14.8 Å². The fourth-order valence-electron chi connectivity index (χ4n) is 4.10. The Bertz CT molecular complexity index is 1060. The molecular formula is C25H24N4O. The first kappa shape index (κ1) is 19.8. The van der Waals surface area contributed by atoms with E-state index < -0.39 is 0 Å². The Hall–Kier alpha value is -3.52. The van der Waals surface area contributed by atoms with Gasteiger partial charge in [0, 0.05) is 37.2 Å². The predicted molar refractivity (Wildman–Crippen MR) is 116 cm³/mol. The van der Waals surface area contributed by atoms with E-state index in [1.165, 1.54) is 5.56 Å². The van der Waals surface area contributed by atoms with Gasteiger partial charge in [-0.05, 0) is 66.6 Å². The van der Waals surface area contributed by atoms with E-state index in [9.17, 15) is 4.79 Å². The highest BCUT2D eigenvalue weighted by molar-refractivity contribution is 5.99. The molecule has 0 spiro atoms. The van der Waals surface area contributed by atoms with Crippen LogP contribution in [-0.4, -0.2) is 33.9 Å². The summed E-state index contributed by atoms with van der Waals surface area (Å²) in [6.07, 6.45) is 8.00. The molecule has 150 valence electrons. The van der Waals surface area contributed by atoms with Gasteiger partial charge in [-0.25, -0.2) is 0 Å². The Morgan fingerprint density at radius 1 is 1.07 bits per heavy atom. The number of nitrogens with zero attached hydrogens (tertiary/aromatic N) is 4. The Kier molecular flexibility index (Phi) is 5.58. The topological polar surface area (TPSA) is 69.9 Å². The first-order chi connectivity index (χ1) is 14.6. The van der Waals surface area contributed by atoms with Crippen LogP contribution >= 0.6 is 0 Å². The van der Waals surface area contributed by atoms with Crippen molar-refractivity contribution >= 4 is 5.91 Å². The largest absolute Gasteiger partial charge is 0.339 e. The van der Waals surface area contributed by atoms with Crippen LogP contribution in [0, 0.1) is 16.7 Å². The zero-order valence-electron chi connectivity index (χ0n) is 17.1. The van der Waals surface area contributed by atoms with Crippen molar-refractivity contribution in [3.63, 3.8) is 0 Å². The number of likely N-dealkylation sites (tertiary alicyclic amines) is 1. The van der Waals surface area contributed by atoms with Crippen molar-refractivity contribution in [2.75, 3.05) is 13.1 Å². The Balaban J connectivity index is 1.45. The second-order valence-corrected chi connectivity index (χ2v) is 8.22. The van der Waals surface area contributed by atoms with Gasteiger partial charge in [0.05, 0.1) is 22.9 Å². The minimum atomic E-state index is 0.0373. The number of hydrogen-bond donors (Lipinski definition) is 0. The van der Waals surface area contributed by atoms with E-state index in [0.717, 1.165) is 37.9 Å². The molecule has 1 fully saturated rings. The van der Waals surface area contributed by atoms with Crippen molar-refractivity contribution in [2.24, 2.45) is 5.41 Å². The molecule has 3 heterocycles. The molecule has 1 aliphatic heterocycles. The Morgan fingerprint density at radius 2 is 1.77 bits per heavy atom. The molecule has 1 amide bonds. The average molecular weight is 396 g/mol. The SMILES string of the molecule is CC1(Cc2ccc(C#N)cc2)CCN(C(=O)c2cccnc2-c2ccncc2)CC1. The molecule has 0 atom stereocenters. The van der Waals surface area contributed by atoms with Gasteiger partial charge in [0.2, 0.25) is 0 Å². The number of pyridine rings is 2. The first-order valence-corrected chi connectivity index (χ1v) is 10.2. The van der Waals surface area contributed by atoms with E-state index >= 15 is 0 Å². The van der Waals surface area contributed by atoms with E-state index in [4.69, 9.17) is 5.26 Å². The third-order valence-electron chi connectivity index (χ3n) is 5.96. The number of benzene rings is 1. The van der Waals surface area contributed by atoms with Gasteiger partial charge >= 0.3 is 0 Å². The van der Waals surface area contributed by atoms with Crippen molar-refractivity contribution in [1.29, 1.82) is 5.26 Å². The fourth-order valence-corrected chi connectivity index (χ4v) is 4.10. The van der Waals surface area contributed by atoms with Crippen LogP contribution in [-0.2, 0) is 6.42 Å². The number of carbonyl (C=O) groups is 1. The zero-order chi connectivity index (χ0) is 21.0. The van der Waals surface area contributed by atoms with Crippen LogP contribution in [0.1, 0.15) is 41.3 Å². The van der Waals surface area contributed by atoms with Crippen molar-refractivity contribution in [3.05, 3.63) is 83.8 Å². The van der Waals surface area contributed by atoms with Gasteiger partial charge in [-0.1, -0.05) is 19.1 Å². The maximum absolute atomic E-state index is 13.3. The van der Waals surface area contributed by atoms with Gasteiger partial charge in [0.15, 0.2) is 0 Å². The van der Waals surface area contributed by atoms with Gasteiger partial charge in [0.25, 0.3) is 5.91 Å². The summed E-state index contributed by atoms with van der Waals surface area (Å²) in [6, 6.07) is 17.4. The lowest BCUT2D eigenvalue weighted by Gasteiger charge is -2.39. The minimum absolute atomic E-state index is 0.0373. The zero-order valence-corrected chi connectivity index (χ0v) is 17.1. The average Bonchev–Trinajstić information content (AvgIpc) is 2.80. The molecule has 0 aliphatic carbocycles. The summed E-state index contributed by atoms with van der Waals surface area (Å²) >= 11 is 0. The number of nitriles is 1. The van der Waals surface area contributed by atoms with Crippen LogP contribution < -0.4 is 0 Å². The van der Waals surface area contributed by atoms with Crippen LogP contribution in [0.15, 0.2) is 67.1 Å². The minimum Gasteiger partial charge on any atom is -0.339 e. The maximum Gasteiger partial charge on any atom is 0.256 e. The highest BCUT2D eigenvalue weighted by Gasteiger charge is 2.33. The molecule has 0 bridgehead atoms. The van der Waals surface area contributed by atoms with Crippen molar-refractivity contribution in [3.8, 4) is 17.3 Å². The molecule has 0 unspecified atom stereocenters. The molecule has 5 heteroatoms. The number of piperidine rings is 1. The third kappa shape index (κ3) is 4.23. The van der Waals surface area contributed by atoms with Crippen molar-refractivity contribution in [2.45, 2.75) is 26.2 Å². The summed E-state index contributed by atoms with van der Waals surface area (Å²) in [5, 5.41) is 8.97. The standard InChI is InChI=1S/C25H24N4O/c1-25(17-19-4-6-20(18-26)7-5-19)10-15-29(16-11-25)24(30)22-3-2-12-28-23(22)21-8-13-27-14-9-21/h2-9,12-14H,10-11,15-17H2,1H3. The fraction of sp³-hybridized carbons (Fsp3) is 0.280. The monoisotopic (exact) mass is 396 g/mol. The molecule has 30 heavy (non-hydrogen) atoms. The summed E-state index contributed by atoms with van der Waals surface area (Å²) in [5.41, 5.74) is 4.31. The van der Waals surface area contributed by atoms with E-state index in [1.54, 1.807) is 18.6 Å². The molecular weight excluding hydrogens is 372 g/mol. The van der Waals surface area contributed by atoms with Crippen molar-refractivity contribution < 1.29 is 4.79 Å². The molecule has 1 aliphatic rings. The van der Waals surface area contributed by atoms with Gasteiger partial charge in [0.1, 0.15) is 0 Å². The van der Waals surface area contributed by atoms with Gasteiger partial charge in [-0.15, -0.1) is 0 Å². The van der Waals surface area contributed by atoms with Crippen LogP contribution in [0.2, 0.25) is 0 Å². The number of amides is 1. The number of aromatic nitrogens is 2. The molecule has 0 radical (unpaired) electrons. The third-order valence-corrected chi connectivity index (χ3v) is 5.96. The molecule has 4 rings (SSSR count). The normalized spacial score (nSPS) is 15.4. The summed E-state index contributed by atoms with van der Waals surface area (Å²) in [7, 11) is 0. The number of rotatable bonds is 4. The summed E-state index contributed by atoms with van der Waals surface area (Å²) in [4.78, 5) is 23.7. The highest BCUT2D eigenvalue weighted by atomic mass is 16.2. The lowest BCUT2D eigenvalue weighted by atomic mass is 9.75. The van der Waals surface area contributed by atoms with Gasteiger partial charge in [-0.2, -0.15) is 5.26 Å². The molecule has 0 N–H and O–H groups in total. The van der Waals surface area contributed by atoms with Gasteiger partial charge < -0.3 is 4.90 Å².